The highest BCUT2D eigenvalue weighted by molar-refractivity contribution is 5.97. The average Bonchev–Trinajstić information content (AvgIpc) is 3.12. The number of nitrogens with one attached hydrogen (secondary N) is 1. The van der Waals surface area contributed by atoms with Crippen molar-refractivity contribution in [3.8, 4) is 5.75 Å². The highest BCUT2D eigenvalue weighted by atomic mass is 16.5. The third-order valence-electron chi connectivity index (χ3n) is 6.10. The lowest BCUT2D eigenvalue weighted by atomic mass is 9.68. The van der Waals surface area contributed by atoms with Crippen molar-refractivity contribution in [3.63, 3.8) is 0 Å². The first-order chi connectivity index (χ1) is 13.2. The van der Waals surface area contributed by atoms with E-state index in [2.05, 4.69) is 17.1 Å². The third-order valence-corrected chi connectivity index (χ3v) is 6.10. The number of hydrogen-bond acceptors (Lipinski definition) is 3. The van der Waals surface area contributed by atoms with E-state index < -0.39 is 0 Å². The Bertz CT molecular complexity index is 714. The molecule has 1 saturated heterocycles. The van der Waals surface area contributed by atoms with Crippen molar-refractivity contribution in [2.45, 2.75) is 39.0 Å². The van der Waals surface area contributed by atoms with E-state index in [1.807, 2.05) is 29.2 Å². The molecule has 0 unspecified atom stereocenters. The Hall–Kier alpha value is -2.24. The lowest BCUT2D eigenvalue weighted by Gasteiger charge is -2.38. The number of amides is 1. The van der Waals surface area contributed by atoms with Gasteiger partial charge in [0.1, 0.15) is 5.75 Å². The van der Waals surface area contributed by atoms with Crippen molar-refractivity contribution in [2.24, 2.45) is 10.4 Å². The molecule has 146 valence electrons. The summed E-state index contributed by atoms with van der Waals surface area (Å²) in [6.07, 6.45) is 6.28. The van der Waals surface area contributed by atoms with E-state index in [-0.39, 0.29) is 12.5 Å². The van der Waals surface area contributed by atoms with Gasteiger partial charge in [-0.2, -0.15) is 0 Å². The molecule has 0 atom stereocenters. The number of anilines is 1. The number of aliphatic imine (C=N–C) groups is 1. The fourth-order valence-electron chi connectivity index (χ4n) is 4.44. The Morgan fingerprint density at radius 2 is 2.15 bits per heavy atom. The molecule has 2 heterocycles. The van der Waals surface area contributed by atoms with Crippen LogP contribution in [0.15, 0.2) is 29.3 Å². The van der Waals surface area contributed by atoms with E-state index in [0.29, 0.717) is 12.0 Å². The van der Waals surface area contributed by atoms with Crippen LogP contribution in [-0.4, -0.2) is 56.1 Å². The Labute approximate surface area is 161 Å². The first kappa shape index (κ1) is 18.1. The van der Waals surface area contributed by atoms with Crippen LogP contribution in [0.3, 0.4) is 0 Å². The minimum Gasteiger partial charge on any atom is -0.482 e. The van der Waals surface area contributed by atoms with E-state index in [9.17, 15) is 4.79 Å². The van der Waals surface area contributed by atoms with Crippen LogP contribution in [0.2, 0.25) is 0 Å². The molecule has 1 amide bonds. The van der Waals surface area contributed by atoms with Gasteiger partial charge in [0.25, 0.3) is 5.91 Å². The molecule has 2 aliphatic heterocycles. The molecule has 27 heavy (non-hydrogen) atoms. The Kier molecular flexibility index (Phi) is 5.23. The molecule has 6 heteroatoms. The Morgan fingerprint density at radius 1 is 1.30 bits per heavy atom. The molecule has 0 bridgehead atoms. The van der Waals surface area contributed by atoms with Gasteiger partial charge in [-0.3, -0.25) is 9.79 Å². The summed E-state index contributed by atoms with van der Waals surface area (Å²) in [5, 5.41) is 3.45. The fraction of sp³-hybridized carbons (Fsp3) is 0.619. The maximum absolute atomic E-state index is 12.3. The first-order valence-electron chi connectivity index (χ1n) is 10.3. The highest BCUT2D eigenvalue weighted by Crippen LogP contribution is 2.47. The van der Waals surface area contributed by atoms with E-state index in [4.69, 9.17) is 9.73 Å². The van der Waals surface area contributed by atoms with Crippen LogP contribution in [0.4, 0.5) is 5.69 Å². The van der Waals surface area contributed by atoms with Crippen LogP contribution < -0.4 is 15.0 Å². The molecule has 3 aliphatic rings. The second-order valence-corrected chi connectivity index (χ2v) is 7.92. The SMILES string of the molecule is CCNC(=NCCCN1C(=O)COc2ccccc21)N1CCC2(CCC2)C1. The van der Waals surface area contributed by atoms with Crippen molar-refractivity contribution >= 4 is 17.6 Å². The van der Waals surface area contributed by atoms with Crippen LogP contribution in [-0.2, 0) is 4.79 Å². The Balaban J connectivity index is 1.34. The number of benzene rings is 1. The number of carbonyl (C=O) groups is 1. The summed E-state index contributed by atoms with van der Waals surface area (Å²) in [7, 11) is 0. The number of ether oxygens (including phenoxy) is 1. The molecule has 1 aromatic rings. The van der Waals surface area contributed by atoms with Crippen molar-refractivity contribution in [3.05, 3.63) is 24.3 Å². The smallest absolute Gasteiger partial charge is 0.265 e. The quantitative estimate of drug-likeness (QED) is 0.492. The lowest BCUT2D eigenvalue weighted by Crippen LogP contribution is -2.43. The number of nitrogens with zero attached hydrogens (tertiary/aromatic N) is 3. The molecule has 0 aromatic heterocycles. The van der Waals surface area contributed by atoms with Gasteiger partial charge in [-0.05, 0) is 50.2 Å². The number of rotatable bonds is 5. The van der Waals surface area contributed by atoms with Gasteiger partial charge in [-0.15, -0.1) is 0 Å². The number of likely N-dealkylation sites (tertiary alicyclic amines) is 1. The van der Waals surface area contributed by atoms with Crippen LogP contribution >= 0.6 is 0 Å². The number of para-hydroxylation sites is 2. The highest BCUT2D eigenvalue weighted by Gasteiger charge is 2.43. The zero-order chi connectivity index (χ0) is 18.7. The topological polar surface area (TPSA) is 57.2 Å². The summed E-state index contributed by atoms with van der Waals surface area (Å²) in [6.45, 7) is 6.78. The Morgan fingerprint density at radius 3 is 2.89 bits per heavy atom. The zero-order valence-corrected chi connectivity index (χ0v) is 16.2. The predicted octanol–water partition coefficient (Wildman–Crippen LogP) is 2.64. The largest absolute Gasteiger partial charge is 0.482 e. The maximum atomic E-state index is 12.3. The number of hydrogen-bond donors (Lipinski definition) is 1. The van der Waals surface area contributed by atoms with Crippen molar-refractivity contribution in [2.75, 3.05) is 44.2 Å². The van der Waals surface area contributed by atoms with E-state index in [0.717, 1.165) is 50.0 Å². The average molecular weight is 370 g/mol. The molecule has 4 rings (SSSR count). The van der Waals surface area contributed by atoms with Gasteiger partial charge in [0.15, 0.2) is 12.6 Å². The molecular formula is C21H30N4O2. The third kappa shape index (κ3) is 3.75. The molecule has 2 fully saturated rings. The summed E-state index contributed by atoms with van der Waals surface area (Å²) in [4.78, 5) is 21.4. The molecule has 0 radical (unpaired) electrons. The summed E-state index contributed by atoms with van der Waals surface area (Å²) in [6, 6.07) is 7.74. The van der Waals surface area contributed by atoms with Crippen molar-refractivity contribution in [1.29, 1.82) is 0 Å². The molecule has 1 aliphatic carbocycles. The van der Waals surface area contributed by atoms with Gasteiger partial charge < -0.3 is 19.9 Å². The first-order valence-corrected chi connectivity index (χ1v) is 10.3. The molecule has 6 nitrogen and oxygen atoms in total. The zero-order valence-electron chi connectivity index (χ0n) is 16.2. The number of guanidine groups is 1. The van der Waals surface area contributed by atoms with Gasteiger partial charge in [0, 0.05) is 32.7 Å². The summed E-state index contributed by atoms with van der Waals surface area (Å²) in [5.74, 6) is 1.85. The van der Waals surface area contributed by atoms with E-state index >= 15 is 0 Å². The molecular weight excluding hydrogens is 340 g/mol. The lowest BCUT2D eigenvalue weighted by molar-refractivity contribution is -0.121. The van der Waals surface area contributed by atoms with Gasteiger partial charge in [0.2, 0.25) is 0 Å². The molecule has 1 aromatic carbocycles. The second kappa shape index (κ2) is 7.79. The molecule has 1 spiro atoms. The fourth-order valence-corrected chi connectivity index (χ4v) is 4.44. The van der Waals surface area contributed by atoms with E-state index in [1.54, 1.807) is 0 Å². The molecule has 1 saturated carbocycles. The monoisotopic (exact) mass is 370 g/mol. The van der Waals surface area contributed by atoms with E-state index in [1.165, 1.54) is 25.7 Å². The van der Waals surface area contributed by atoms with Crippen molar-refractivity contribution in [1.82, 2.24) is 10.2 Å². The number of fused-ring (bicyclic) bond motifs is 1. The number of carbonyl (C=O) groups excluding carboxylic acids is 1. The van der Waals surface area contributed by atoms with Crippen LogP contribution in [0, 0.1) is 5.41 Å². The van der Waals surface area contributed by atoms with Crippen LogP contribution in [0.25, 0.3) is 0 Å². The summed E-state index contributed by atoms with van der Waals surface area (Å²) >= 11 is 0. The van der Waals surface area contributed by atoms with Crippen molar-refractivity contribution < 1.29 is 9.53 Å². The van der Waals surface area contributed by atoms with Gasteiger partial charge in [0.05, 0.1) is 5.69 Å². The summed E-state index contributed by atoms with van der Waals surface area (Å²) in [5.41, 5.74) is 1.44. The predicted molar refractivity (Wildman–Crippen MR) is 107 cm³/mol. The molecule has 1 N–H and O–H groups in total. The second-order valence-electron chi connectivity index (χ2n) is 7.92. The van der Waals surface area contributed by atoms with Crippen LogP contribution in [0.1, 0.15) is 39.0 Å². The summed E-state index contributed by atoms with van der Waals surface area (Å²) < 4.78 is 5.51. The van der Waals surface area contributed by atoms with Gasteiger partial charge in [-0.25, -0.2) is 0 Å². The maximum Gasteiger partial charge on any atom is 0.265 e. The van der Waals surface area contributed by atoms with Gasteiger partial charge >= 0.3 is 0 Å². The van der Waals surface area contributed by atoms with Crippen LogP contribution in [0.5, 0.6) is 5.75 Å². The standard InChI is InChI=1S/C21H30N4O2/c1-2-22-20(24-14-11-21(16-24)9-5-10-21)23-12-6-13-25-17-7-3-4-8-18(17)27-15-19(25)26/h3-4,7-8H,2,5-6,9-16H2,1H3,(H,22,23). The minimum absolute atomic E-state index is 0.0241. The minimum atomic E-state index is 0.0241. The van der Waals surface area contributed by atoms with Gasteiger partial charge in [-0.1, -0.05) is 18.6 Å². The normalized spacial score (nSPS) is 21.1.